The third-order valence-electron chi connectivity index (χ3n) is 6.82. The van der Waals surface area contributed by atoms with Crippen molar-refractivity contribution < 1.29 is 9.53 Å². The second-order valence-corrected chi connectivity index (χ2v) is 8.22. The van der Waals surface area contributed by atoms with Crippen molar-refractivity contribution in [2.24, 2.45) is 16.7 Å². The third-order valence-corrected chi connectivity index (χ3v) is 6.82. The zero-order valence-corrected chi connectivity index (χ0v) is 13.7. The molecule has 1 spiro atoms. The van der Waals surface area contributed by atoms with Crippen LogP contribution in [0, 0.1) is 16.7 Å². The number of ether oxygens (including phenoxy) is 1. The first-order chi connectivity index (χ1) is 10.7. The van der Waals surface area contributed by atoms with Gasteiger partial charge in [0.05, 0.1) is 12.0 Å². The average molecular weight is 306 g/mol. The summed E-state index contributed by atoms with van der Waals surface area (Å²) >= 11 is 0. The molecule has 0 bridgehead atoms. The number of hydrogen-bond acceptors (Lipinski definition) is 3. The van der Waals surface area contributed by atoms with Crippen LogP contribution in [0.5, 0.6) is 0 Å². The van der Waals surface area contributed by atoms with E-state index in [9.17, 15) is 4.79 Å². The van der Waals surface area contributed by atoms with E-state index in [4.69, 9.17) is 4.74 Å². The van der Waals surface area contributed by atoms with Crippen molar-refractivity contribution in [1.82, 2.24) is 10.2 Å². The van der Waals surface area contributed by atoms with E-state index in [1.165, 1.54) is 32.1 Å². The van der Waals surface area contributed by atoms with Gasteiger partial charge in [-0.05, 0) is 51.0 Å². The molecule has 0 radical (unpaired) electrons. The second-order valence-electron chi connectivity index (χ2n) is 8.22. The van der Waals surface area contributed by atoms with Crippen LogP contribution in [0.1, 0.15) is 51.4 Å². The summed E-state index contributed by atoms with van der Waals surface area (Å²) in [5.41, 5.74) is 0.186. The number of rotatable bonds is 1. The van der Waals surface area contributed by atoms with Crippen molar-refractivity contribution >= 4 is 5.91 Å². The fourth-order valence-corrected chi connectivity index (χ4v) is 5.60. The predicted molar refractivity (Wildman–Crippen MR) is 85.6 cm³/mol. The van der Waals surface area contributed by atoms with Crippen LogP contribution in [-0.4, -0.2) is 50.2 Å². The van der Waals surface area contributed by atoms with Crippen molar-refractivity contribution in [2.45, 2.75) is 51.4 Å². The Balaban J connectivity index is 1.52. The molecule has 3 heterocycles. The lowest BCUT2D eigenvalue weighted by molar-refractivity contribution is -0.152. The normalized spacial score (nSPS) is 42.4. The minimum atomic E-state index is -0.0771. The summed E-state index contributed by atoms with van der Waals surface area (Å²) < 4.78 is 5.77. The monoisotopic (exact) mass is 306 g/mol. The van der Waals surface area contributed by atoms with Gasteiger partial charge in [-0.2, -0.15) is 0 Å². The predicted octanol–water partition coefficient (Wildman–Crippen LogP) is 2.19. The topological polar surface area (TPSA) is 41.6 Å². The van der Waals surface area contributed by atoms with Crippen molar-refractivity contribution in [3.8, 4) is 0 Å². The largest absolute Gasteiger partial charge is 0.381 e. The Morgan fingerprint density at radius 1 is 1.14 bits per heavy atom. The first kappa shape index (κ1) is 14.9. The number of piperidine rings is 1. The molecule has 0 aromatic rings. The molecule has 1 saturated carbocycles. The van der Waals surface area contributed by atoms with Crippen LogP contribution in [0.3, 0.4) is 0 Å². The molecule has 0 aromatic carbocycles. The van der Waals surface area contributed by atoms with Crippen LogP contribution in [0.15, 0.2) is 0 Å². The smallest absolute Gasteiger partial charge is 0.230 e. The first-order valence-electron chi connectivity index (χ1n) is 9.32. The van der Waals surface area contributed by atoms with Crippen LogP contribution in [0.25, 0.3) is 0 Å². The minimum absolute atomic E-state index is 0.0771. The highest BCUT2D eigenvalue weighted by atomic mass is 16.5. The Labute approximate surface area is 134 Å². The molecule has 1 N–H and O–H groups in total. The average Bonchev–Trinajstić information content (AvgIpc) is 3.00. The molecule has 1 unspecified atom stereocenters. The molecular weight excluding hydrogens is 276 g/mol. The lowest BCUT2D eigenvalue weighted by atomic mass is 9.66. The Hall–Kier alpha value is -0.610. The van der Waals surface area contributed by atoms with E-state index in [1.807, 2.05) is 0 Å². The zero-order chi connectivity index (χ0) is 15.0. The number of hydrogen-bond donors (Lipinski definition) is 1. The summed E-state index contributed by atoms with van der Waals surface area (Å²) in [5.74, 6) is 1.04. The van der Waals surface area contributed by atoms with Crippen LogP contribution < -0.4 is 5.32 Å². The van der Waals surface area contributed by atoms with Gasteiger partial charge in [0.2, 0.25) is 5.91 Å². The molecule has 1 amide bonds. The molecule has 3 saturated heterocycles. The number of nitrogens with zero attached hydrogens (tertiary/aromatic N) is 1. The molecule has 4 fully saturated rings. The van der Waals surface area contributed by atoms with E-state index in [0.717, 1.165) is 58.7 Å². The first-order valence-corrected chi connectivity index (χ1v) is 9.32. The van der Waals surface area contributed by atoms with Gasteiger partial charge >= 0.3 is 0 Å². The van der Waals surface area contributed by atoms with Gasteiger partial charge in [0.1, 0.15) is 0 Å². The third kappa shape index (κ3) is 2.39. The highest BCUT2D eigenvalue weighted by Gasteiger charge is 2.52. The molecule has 4 aliphatic rings. The molecule has 4 nitrogen and oxygen atoms in total. The Bertz CT molecular complexity index is 427. The van der Waals surface area contributed by atoms with Gasteiger partial charge in [0.25, 0.3) is 0 Å². The quantitative estimate of drug-likeness (QED) is 0.807. The lowest BCUT2D eigenvalue weighted by Gasteiger charge is -2.48. The van der Waals surface area contributed by atoms with Gasteiger partial charge in [-0.3, -0.25) is 4.79 Å². The fraction of sp³-hybridized carbons (Fsp3) is 0.944. The highest BCUT2D eigenvalue weighted by molar-refractivity contribution is 5.84. The SMILES string of the molecule is O=C(N1CCCC2(CCCOC2)C1)[C@@]12CCCC[C@H]1CNC2. The fourth-order valence-electron chi connectivity index (χ4n) is 5.60. The van der Waals surface area contributed by atoms with Crippen LogP contribution in [0.4, 0.5) is 0 Å². The summed E-state index contributed by atoms with van der Waals surface area (Å²) in [7, 11) is 0. The van der Waals surface area contributed by atoms with Crippen molar-refractivity contribution in [2.75, 3.05) is 39.4 Å². The van der Waals surface area contributed by atoms with E-state index in [1.54, 1.807) is 0 Å². The summed E-state index contributed by atoms with van der Waals surface area (Å²) in [6, 6.07) is 0. The number of carbonyl (C=O) groups excluding carboxylic acids is 1. The van der Waals surface area contributed by atoms with E-state index in [-0.39, 0.29) is 10.8 Å². The van der Waals surface area contributed by atoms with Crippen molar-refractivity contribution in [1.29, 1.82) is 0 Å². The van der Waals surface area contributed by atoms with E-state index in [2.05, 4.69) is 10.2 Å². The van der Waals surface area contributed by atoms with Crippen LogP contribution in [0.2, 0.25) is 0 Å². The van der Waals surface area contributed by atoms with E-state index >= 15 is 0 Å². The van der Waals surface area contributed by atoms with Gasteiger partial charge in [0, 0.05) is 31.7 Å². The number of nitrogens with one attached hydrogen (secondary N) is 1. The molecule has 0 aromatic heterocycles. The summed E-state index contributed by atoms with van der Waals surface area (Å²) in [6.45, 7) is 5.65. The van der Waals surface area contributed by atoms with Crippen molar-refractivity contribution in [3.63, 3.8) is 0 Å². The molecule has 4 heteroatoms. The number of likely N-dealkylation sites (tertiary alicyclic amines) is 1. The van der Waals surface area contributed by atoms with Gasteiger partial charge in [-0.15, -0.1) is 0 Å². The molecule has 22 heavy (non-hydrogen) atoms. The van der Waals surface area contributed by atoms with E-state index < -0.39 is 0 Å². The van der Waals surface area contributed by atoms with Gasteiger partial charge in [-0.25, -0.2) is 0 Å². The summed E-state index contributed by atoms with van der Waals surface area (Å²) in [6.07, 6.45) is 9.67. The minimum Gasteiger partial charge on any atom is -0.381 e. The second kappa shape index (κ2) is 5.79. The standard InChI is InChI=1S/C18H30N2O2/c21-16(18-8-2-1-5-15(18)11-19-12-18)20-9-3-6-17(13-20)7-4-10-22-14-17/h15,19H,1-14H2/t15-,17?,18+/m0/s1. The van der Waals surface area contributed by atoms with Gasteiger partial charge < -0.3 is 15.0 Å². The van der Waals surface area contributed by atoms with Crippen molar-refractivity contribution in [3.05, 3.63) is 0 Å². The van der Waals surface area contributed by atoms with E-state index in [0.29, 0.717) is 11.8 Å². The van der Waals surface area contributed by atoms with Crippen LogP contribution in [-0.2, 0) is 9.53 Å². The summed E-state index contributed by atoms with van der Waals surface area (Å²) in [5, 5.41) is 3.52. The maximum Gasteiger partial charge on any atom is 0.230 e. The molecule has 4 rings (SSSR count). The zero-order valence-electron chi connectivity index (χ0n) is 13.7. The Morgan fingerprint density at radius 3 is 2.91 bits per heavy atom. The van der Waals surface area contributed by atoms with Gasteiger partial charge in [-0.1, -0.05) is 12.8 Å². The molecule has 1 aliphatic carbocycles. The Morgan fingerprint density at radius 2 is 2.05 bits per heavy atom. The van der Waals surface area contributed by atoms with Gasteiger partial charge in [0.15, 0.2) is 0 Å². The molecule has 3 atom stereocenters. The Kier molecular flexibility index (Phi) is 3.93. The number of amides is 1. The molecule has 3 aliphatic heterocycles. The van der Waals surface area contributed by atoms with Crippen LogP contribution >= 0.6 is 0 Å². The maximum absolute atomic E-state index is 13.4. The highest BCUT2D eigenvalue weighted by Crippen LogP contribution is 2.46. The number of carbonyl (C=O) groups is 1. The number of fused-ring (bicyclic) bond motifs is 1. The maximum atomic E-state index is 13.4. The molecule has 124 valence electrons. The lowest BCUT2D eigenvalue weighted by Crippen LogP contribution is -2.56. The molecular formula is C18H30N2O2. The summed E-state index contributed by atoms with van der Waals surface area (Å²) in [4.78, 5) is 15.7.